The molecule has 2 aliphatic rings. The van der Waals surface area contributed by atoms with Crippen molar-refractivity contribution in [3.8, 4) is 11.5 Å². The summed E-state index contributed by atoms with van der Waals surface area (Å²) in [4.78, 5) is 60.4. The van der Waals surface area contributed by atoms with Gasteiger partial charge in [0.15, 0.2) is 5.13 Å². The lowest BCUT2D eigenvalue weighted by molar-refractivity contribution is -0.134. The second-order valence-corrected chi connectivity index (χ2v) is 20.2. The van der Waals surface area contributed by atoms with E-state index in [0.717, 1.165) is 79.6 Å². The molecule has 1 saturated carbocycles. The van der Waals surface area contributed by atoms with Crippen molar-refractivity contribution >= 4 is 62.8 Å². The molecule has 0 radical (unpaired) electrons. The summed E-state index contributed by atoms with van der Waals surface area (Å²) in [6.07, 6.45) is 9.49. The maximum absolute atomic E-state index is 13.5. The highest BCUT2D eigenvalue weighted by Gasteiger charge is 2.36. The molecule has 7 rings (SSSR count). The van der Waals surface area contributed by atoms with Gasteiger partial charge in [-0.25, -0.2) is 9.78 Å². The molecule has 414 valence electrons. The predicted octanol–water partition coefficient (Wildman–Crippen LogP) is 7.33. The molecule has 77 heavy (non-hydrogen) atoms. The number of hydrogen-bond donors (Lipinski definition) is 3. The number of rotatable bonds is 33. The highest BCUT2D eigenvalue weighted by molar-refractivity contribution is 7.14. The van der Waals surface area contributed by atoms with Gasteiger partial charge < -0.3 is 54.4 Å². The topological polar surface area (TPSA) is 211 Å². The van der Waals surface area contributed by atoms with Gasteiger partial charge in [0.2, 0.25) is 11.8 Å². The Morgan fingerprint density at radius 1 is 0.831 bits per heavy atom. The molecule has 5 aromatic rings. The number of hydrazone groups is 1. The first-order valence-electron chi connectivity index (χ1n) is 26.9. The van der Waals surface area contributed by atoms with E-state index in [1.807, 2.05) is 36.3 Å². The van der Waals surface area contributed by atoms with E-state index < -0.39 is 6.03 Å². The summed E-state index contributed by atoms with van der Waals surface area (Å²) >= 11 is 1.28. The van der Waals surface area contributed by atoms with E-state index in [-0.39, 0.29) is 24.3 Å². The monoisotopic (exact) mass is 1080 g/mol. The second kappa shape index (κ2) is 31.6. The van der Waals surface area contributed by atoms with Crippen LogP contribution in [0.4, 0.5) is 15.6 Å². The van der Waals surface area contributed by atoms with Crippen LogP contribution in [0, 0.1) is 0 Å². The predicted molar refractivity (Wildman–Crippen MR) is 304 cm³/mol. The highest BCUT2D eigenvalue weighted by atomic mass is 32.1. The number of nitrogens with one attached hydrogen (secondary N) is 2. The fraction of sp³-hybridized carbons (Fsp3) is 0.491. The maximum Gasteiger partial charge on any atom is 0.325 e. The molecule has 1 unspecified atom stereocenters. The maximum atomic E-state index is 13.5. The van der Waals surface area contributed by atoms with Gasteiger partial charge in [-0.15, -0.1) is 11.3 Å². The normalized spacial score (nSPS) is 14.5. The van der Waals surface area contributed by atoms with Crippen LogP contribution in [0.2, 0.25) is 0 Å². The first-order valence-corrected chi connectivity index (χ1v) is 27.8. The Kier molecular flexibility index (Phi) is 23.9. The van der Waals surface area contributed by atoms with E-state index in [1.54, 1.807) is 35.9 Å². The molecule has 2 fully saturated rings. The molecular weight excluding hydrogens is 999 g/mol. The zero-order chi connectivity index (χ0) is 54.0. The van der Waals surface area contributed by atoms with Gasteiger partial charge in [-0.1, -0.05) is 30.3 Å². The van der Waals surface area contributed by atoms with Crippen LogP contribution in [0.5, 0.6) is 11.5 Å². The Morgan fingerprint density at radius 2 is 1.56 bits per heavy atom. The van der Waals surface area contributed by atoms with E-state index in [0.29, 0.717) is 126 Å². The Balaban J connectivity index is 0.634. The minimum absolute atomic E-state index is 0.00794. The van der Waals surface area contributed by atoms with Crippen molar-refractivity contribution < 1.29 is 38.1 Å². The summed E-state index contributed by atoms with van der Waals surface area (Å²) in [5.74, 6) is 7.31. The SMILES string of the molecule is CC(c1ccc2cccnc2c1)N(C(=O)CCc1ccc(OCCCCN(C)CCOCCOCC/C(C=NCCOCCOc2ccc(NC(=O)Nc3nc(CC(=O)N4CCN(C)CC4)cs3)cc2)=N/N)cc1)C1CC1. The van der Waals surface area contributed by atoms with E-state index in [2.05, 4.69) is 95.8 Å². The van der Waals surface area contributed by atoms with Gasteiger partial charge in [0.25, 0.3) is 0 Å². The lowest BCUT2D eigenvalue weighted by Crippen LogP contribution is -2.47. The number of aryl methyl sites for hydroxylation is 1. The number of ether oxygens (including phenoxy) is 5. The summed E-state index contributed by atoms with van der Waals surface area (Å²) in [6.45, 7) is 11.4. The third kappa shape index (κ3) is 20.4. The number of likely N-dealkylation sites (N-methyl/N-ethyl adjacent to an activating group) is 2. The van der Waals surface area contributed by atoms with Gasteiger partial charge in [-0.05, 0) is 119 Å². The van der Waals surface area contributed by atoms with E-state index in [9.17, 15) is 14.4 Å². The largest absolute Gasteiger partial charge is 0.494 e. The Labute approximate surface area is 457 Å². The molecule has 4 amide bonds. The van der Waals surface area contributed by atoms with Crippen molar-refractivity contribution in [2.45, 2.75) is 70.4 Å². The van der Waals surface area contributed by atoms with Crippen LogP contribution in [-0.2, 0) is 36.6 Å². The molecule has 3 heterocycles. The number of amides is 4. The molecule has 1 atom stereocenters. The standard InChI is InChI=1S/C57H77N11O8S/c1-43(46-12-11-45-7-6-23-60-53(45)39-46)68(50-15-16-50)54(69)21-10-44-8-17-51(18-9-44)75-31-5-4-25-65(2)30-34-74-36-35-72-32-22-48(64-58)41-59-24-33-73-37-38-76-52-19-13-47(14-20-52)61-56(71)63-57-62-49(42-77-57)40-55(70)67-28-26-66(3)27-29-67/h6-9,11-14,17-20,23,39,41-43,50H,4-5,10,15-16,21-22,24-38,40,58H2,1-3H3,(H2,61,62,63,71)/b59-41?,64-48-. The van der Waals surface area contributed by atoms with Gasteiger partial charge in [-0.2, -0.15) is 5.10 Å². The van der Waals surface area contributed by atoms with Crippen LogP contribution in [-0.4, -0.2) is 178 Å². The van der Waals surface area contributed by atoms with Gasteiger partial charge in [0.1, 0.15) is 18.1 Å². The first kappa shape index (κ1) is 58.1. The lowest BCUT2D eigenvalue weighted by atomic mass is 10.0. The van der Waals surface area contributed by atoms with Crippen LogP contribution < -0.4 is 25.9 Å². The third-order valence-electron chi connectivity index (χ3n) is 13.3. The van der Waals surface area contributed by atoms with E-state index >= 15 is 0 Å². The van der Waals surface area contributed by atoms with E-state index in [4.69, 9.17) is 29.5 Å². The minimum atomic E-state index is -0.428. The average molecular weight is 1080 g/mol. The molecule has 1 aliphatic heterocycles. The fourth-order valence-corrected chi connectivity index (χ4v) is 9.37. The number of pyridine rings is 1. The highest BCUT2D eigenvalue weighted by Crippen LogP contribution is 2.36. The van der Waals surface area contributed by atoms with Gasteiger partial charge in [-0.3, -0.25) is 24.9 Å². The molecule has 1 aliphatic carbocycles. The molecular formula is C57H77N11O8S. The number of nitrogens with two attached hydrogens (primary N) is 1. The van der Waals surface area contributed by atoms with Crippen LogP contribution in [0.3, 0.4) is 0 Å². The summed E-state index contributed by atoms with van der Waals surface area (Å²) in [7, 11) is 4.15. The van der Waals surface area contributed by atoms with Crippen LogP contribution in [0.25, 0.3) is 10.9 Å². The second-order valence-electron chi connectivity index (χ2n) is 19.4. The Hall–Kier alpha value is -6.55. The Morgan fingerprint density at radius 3 is 2.32 bits per heavy atom. The van der Waals surface area contributed by atoms with Crippen molar-refractivity contribution in [2.75, 3.05) is 123 Å². The number of anilines is 2. The van der Waals surface area contributed by atoms with Gasteiger partial charge in [0, 0.05) is 80.5 Å². The summed E-state index contributed by atoms with van der Waals surface area (Å²) in [5, 5.41) is 12.7. The van der Waals surface area contributed by atoms with Crippen LogP contribution in [0.15, 0.2) is 101 Å². The molecule has 19 nitrogen and oxygen atoms in total. The number of thiazole rings is 1. The van der Waals surface area contributed by atoms with Crippen molar-refractivity contribution in [3.05, 3.63) is 107 Å². The smallest absolute Gasteiger partial charge is 0.325 e. The summed E-state index contributed by atoms with van der Waals surface area (Å²) in [5.41, 5.74) is 5.09. The molecule has 3 aromatic carbocycles. The number of aromatic nitrogens is 2. The molecule has 20 heteroatoms. The quantitative estimate of drug-likeness (QED) is 0.0163. The number of carbonyl (C=O) groups is 3. The zero-order valence-electron chi connectivity index (χ0n) is 45.0. The molecule has 1 saturated heterocycles. The number of aliphatic imine (C=N–C) groups is 1. The number of carbonyl (C=O) groups excluding carboxylic acids is 3. The van der Waals surface area contributed by atoms with Crippen molar-refractivity contribution in [1.29, 1.82) is 0 Å². The first-order chi connectivity index (χ1) is 37.6. The van der Waals surface area contributed by atoms with Crippen LogP contribution in [0.1, 0.15) is 68.3 Å². The number of fused-ring (bicyclic) bond motifs is 1. The van der Waals surface area contributed by atoms with Crippen molar-refractivity contribution in [1.82, 2.24) is 29.6 Å². The molecule has 0 bridgehead atoms. The van der Waals surface area contributed by atoms with Crippen molar-refractivity contribution in [2.24, 2.45) is 15.9 Å². The number of hydrogen-bond acceptors (Lipinski definition) is 16. The fourth-order valence-electron chi connectivity index (χ4n) is 8.66. The van der Waals surface area contributed by atoms with Crippen LogP contribution >= 0.6 is 11.3 Å². The average Bonchev–Trinajstić information content (AvgIpc) is 4.20. The number of urea groups is 1. The van der Waals surface area contributed by atoms with Crippen molar-refractivity contribution in [3.63, 3.8) is 0 Å². The van der Waals surface area contributed by atoms with Gasteiger partial charge in [0.05, 0.1) is 82.2 Å². The van der Waals surface area contributed by atoms with Gasteiger partial charge >= 0.3 is 6.03 Å². The third-order valence-corrected chi connectivity index (χ3v) is 14.2. The molecule has 0 spiro atoms. The van der Waals surface area contributed by atoms with E-state index in [1.165, 1.54) is 11.3 Å². The zero-order valence-corrected chi connectivity index (χ0v) is 45.8. The molecule has 4 N–H and O–H groups in total. The number of piperazine rings is 1. The number of benzene rings is 3. The lowest BCUT2D eigenvalue weighted by Gasteiger charge is -2.32. The molecule has 2 aromatic heterocycles. The number of nitrogens with zero attached hydrogens (tertiary/aromatic N) is 8. The summed E-state index contributed by atoms with van der Waals surface area (Å²) in [6, 6.07) is 25.4. The summed E-state index contributed by atoms with van der Waals surface area (Å²) < 4.78 is 28.9. The number of unbranched alkanes of at least 4 members (excludes halogenated alkanes) is 1. The minimum Gasteiger partial charge on any atom is -0.494 e. The Bertz CT molecular complexity index is 2640.